The second-order valence-electron chi connectivity index (χ2n) is 3.45. The molecule has 0 aromatic rings. The monoisotopic (exact) mass is 239 g/mol. The maximum absolute atomic E-state index is 11.3. The number of carbonyl (C=O) groups is 3. The van der Waals surface area contributed by atoms with Crippen LogP contribution in [0, 0.1) is 0 Å². The molecule has 1 heterocycles. The van der Waals surface area contributed by atoms with Gasteiger partial charge in [-0.1, -0.05) is 6.58 Å². The number of carbonyl (C=O) groups excluding carboxylic acids is 2. The Morgan fingerprint density at radius 3 is 2.65 bits per heavy atom. The number of hydrogen-bond acceptors (Lipinski definition) is 4. The lowest BCUT2D eigenvalue weighted by atomic mass is 10.3. The van der Waals surface area contributed by atoms with E-state index in [-0.39, 0.29) is 19.1 Å². The molecule has 0 atom stereocenters. The lowest BCUT2D eigenvalue weighted by Gasteiger charge is -2.16. The number of aliphatic carboxylic acids is 1. The fraction of sp³-hybridized carbons (Fsp3) is 0.364. The summed E-state index contributed by atoms with van der Waals surface area (Å²) in [4.78, 5) is 33.9. The first-order chi connectivity index (χ1) is 8.00. The molecule has 0 radical (unpaired) electrons. The number of rotatable bonds is 5. The highest BCUT2D eigenvalue weighted by atomic mass is 16.5. The molecular weight excluding hydrogens is 226 g/mol. The van der Waals surface area contributed by atoms with Gasteiger partial charge in [0.1, 0.15) is 6.61 Å². The van der Waals surface area contributed by atoms with Crippen molar-refractivity contribution in [1.82, 2.24) is 4.90 Å². The summed E-state index contributed by atoms with van der Waals surface area (Å²) in [5.74, 6) is -2.00. The van der Waals surface area contributed by atoms with Crippen LogP contribution in [-0.2, 0) is 19.1 Å². The maximum Gasteiger partial charge on any atom is 0.331 e. The van der Waals surface area contributed by atoms with Gasteiger partial charge in [0.2, 0.25) is 5.91 Å². The zero-order valence-corrected chi connectivity index (χ0v) is 9.22. The largest absolute Gasteiger partial charge is 0.478 e. The summed E-state index contributed by atoms with van der Waals surface area (Å²) in [6.45, 7) is 3.99. The summed E-state index contributed by atoms with van der Waals surface area (Å²) < 4.78 is 4.73. The van der Waals surface area contributed by atoms with E-state index in [1.807, 2.05) is 0 Å². The van der Waals surface area contributed by atoms with Gasteiger partial charge in [-0.3, -0.25) is 4.79 Å². The number of likely N-dealkylation sites (tertiary alicyclic amines) is 1. The summed E-state index contributed by atoms with van der Waals surface area (Å²) in [6.07, 6.45) is 2.59. The molecule has 1 N–H and O–H groups in total. The number of esters is 1. The Balaban J connectivity index is 2.28. The Bertz CT molecular complexity index is 369. The summed E-state index contributed by atoms with van der Waals surface area (Å²) in [7, 11) is 0. The van der Waals surface area contributed by atoms with Crippen LogP contribution < -0.4 is 0 Å². The molecule has 92 valence electrons. The molecule has 1 rings (SSSR count). The molecule has 1 aliphatic rings. The van der Waals surface area contributed by atoms with E-state index < -0.39 is 11.9 Å². The first kappa shape index (κ1) is 13.0. The predicted octanol–water partition coefficient (Wildman–Crippen LogP) is 0.307. The number of ether oxygens (including phenoxy) is 1. The smallest absolute Gasteiger partial charge is 0.331 e. The molecule has 6 heteroatoms. The number of amides is 1. The quantitative estimate of drug-likeness (QED) is 0.551. The number of carboxylic acids is 1. The average molecular weight is 239 g/mol. The van der Waals surface area contributed by atoms with Crippen LogP contribution in [0.1, 0.15) is 12.8 Å². The number of nitrogens with zero attached hydrogens (tertiary/aromatic N) is 1. The lowest BCUT2D eigenvalue weighted by Crippen LogP contribution is -2.27. The van der Waals surface area contributed by atoms with Gasteiger partial charge in [0, 0.05) is 24.3 Å². The molecule has 1 fully saturated rings. The van der Waals surface area contributed by atoms with Crippen LogP contribution in [0.25, 0.3) is 0 Å². The average Bonchev–Trinajstić information content (AvgIpc) is 2.57. The Labute approximate surface area is 98.2 Å². The van der Waals surface area contributed by atoms with Crippen molar-refractivity contribution in [3.05, 3.63) is 24.4 Å². The van der Waals surface area contributed by atoms with Crippen molar-refractivity contribution in [3.63, 3.8) is 0 Å². The minimum atomic E-state index is -1.22. The van der Waals surface area contributed by atoms with E-state index in [9.17, 15) is 14.4 Å². The molecule has 17 heavy (non-hydrogen) atoms. The second-order valence-corrected chi connectivity index (χ2v) is 3.45. The summed E-state index contributed by atoms with van der Waals surface area (Å²) in [5.41, 5.74) is 0.715. The topological polar surface area (TPSA) is 83.9 Å². The Hall–Kier alpha value is -2.11. The number of hydrogen-bond donors (Lipinski definition) is 1. The maximum atomic E-state index is 11.3. The predicted molar refractivity (Wildman–Crippen MR) is 57.8 cm³/mol. The first-order valence-electron chi connectivity index (χ1n) is 5.06. The molecular formula is C11H13NO5. The van der Waals surface area contributed by atoms with Gasteiger partial charge < -0.3 is 14.7 Å². The zero-order valence-electron chi connectivity index (χ0n) is 9.22. The minimum Gasteiger partial charge on any atom is -0.478 e. The van der Waals surface area contributed by atoms with Crippen molar-refractivity contribution in [1.29, 1.82) is 0 Å². The Kier molecular flexibility index (Phi) is 4.45. The van der Waals surface area contributed by atoms with Crippen LogP contribution in [0.2, 0.25) is 0 Å². The Morgan fingerprint density at radius 2 is 2.12 bits per heavy atom. The van der Waals surface area contributed by atoms with Crippen molar-refractivity contribution >= 4 is 17.8 Å². The van der Waals surface area contributed by atoms with E-state index in [2.05, 4.69) is 6.58 Å². The molecule has 0 aliphatic carbocycles. The van der Waals surface area contributed by atoms with Gasteiger partial charge in [0.25, 0.3) is 0 Å². The van der Waals surface area contributed by atoms with Gasteiger partial charge in [-0.25, -0.2) is 9.59 Å². The normalized spacial score (nSPS) is 15.6. The number of allylic oxidation sites excluding steroid dienone is 1. The van der Waals surface area contributed by atoms with E-state index in [4.69, 9.17) is 9.84 Å². The molecule has 6 nitrogen and oxygen atoms in total. The molecule has 0 aromatic heterocycles. The summed E-state index contributed by atoms with van der Waals surface area (Å²) >= 11 is 0. The molecule has 0 aromatic carbocycles. The van der Waals surface area contributed by atoms with Crippen LogP contribution in [-0.4, -0.2) is 41.0 Å². The van der Waals surface area contributed by atoms with Crippen molar-refractivity contribution in [2.75, 3.05) is 13.2 Å². The summed E-state index contributed by atoms with van der Waals surface area (Å²) in [6, 6.07) is 0. The molecule has 0 saturated carbocycles. The Morgan fingerprint density at radius 1 is 1.41 bits per heavy atom. The third kappa shape index (κ3) is 4.10. The molecule has 0 unspecified atom stereocenters. The minimum absolute atomic E-state index is 0.0214. The second kappa shape index (κ2) is 5.83. The van der Waals surface area contributed by atoms with Crippen LogP contribution in [0.3, 0.4) is 0 Å². The van der Waals surface area contributed by atoms with Gasteiger partial charge in [-0.2, -0.15) is 0 Å². The van der Waals surface area contributed by atoms with Crippen molar-refractivity contribution < 1.29 is 24.2 Å². The van der Waals surface area contributed by atoms with Crippen LogP contribution in [0.15, 0.2) is 24.4 Å². The van der Waals surface area contributed by atoms with Gasteiger partial charge in [-0.05, 0) is 6.42 Å². The highest BCUT2D eigenvalue weighted by molar-refractivity contribution is 5.90. The van der Waals surface area contributed by atoms with Gasteiger partial charge in [0.05, 0.1) is 6.54 Å². The van der Waals surface area contributed by atoms with Crippen LogP contribution in [0.4, 0.5) is 0 Å². The van der Waals surface area contributed by atoms with E-state index in [1.54, 1.807) is 0 Å². The van der Waals surface area contributed by atoms with E-state index in [1.165, 1.54) is 4.90 Å². The summed E-state index contributed by atoms with van der Waals surface area (Å²) in [5, 5.41) is 8.27. The highest BCUT2D eigenvalue weighted by Gasteiger charge is 2.23. The van der Waals surface area contributed by atoms with Gasteiger partial charge in [0.15, 0.2) is 0 Å². The number of carboxylic acid groups (broad SMARTS) is 1. The fourth-order valence-corrected chi connectivity index (χ4v) is 1.41. The van der Waals surface area contributed by atoms with E-state index >= 15 is 0 Å². The van der Waals surface area contributed by atoms with E-state index in [0.29, 0.717) is 24.6 Å². The molecule has 0 bridgehead atoms. The van der Waals surface area contributed by atoms with Crippen LogP contribution >= 0.6 is 0 Å². The fourth-order valence-electron chi connectivity index (χ4n) is 1.41. The van der Waals surface area contributed by atoms with Crippen molar-refractivity contribution in [3.8, 4) is 0 Å². The van der Waals surface area contributed by atoms with Crippen LogP contribution in [0.5, 0.6) is 0 Å². The zero-order chi connectivity index (χ0) is 12.8. The third-order valence-corrected chi connectivity index (χ3v) is 2.23. The van der Waals surface area contributed by atoms with Crippen molar-refractivity contribution in [2.45, 2.75) is 12.8 Å². The highest BCUT2D eigenvalue weighted by Crippen LogP contribution is 2.19. The molecule has 1 aliphatic heterocycles. The SMILES string of the molecule is C=C1CCC(=O)N1CCOC(=O)/C=C\C(=O)O. The van der Waals surface area contributed by atoms with Crippen molar-refractivity contribution in [2.24, 2.45) is 0 Å². The standard InChI is InChI=1S/C11H13NO5/c1-8-2-3-9(13)12(8)6-7-17-11(16)5-4-10(14)15/h4-5H,1-3,6-7H2,(H,14,15)/b5-4-. The first-order valence-corrected chi connectivity index (χ1v) is 5.06. The van der Waals surface area contributed by atoms with Gasteiger partial charge in [-0.15, -0.1) is 0 Å². The molecule has 0 spiro atoms. The lowest BCUT2D eigenvalue weighted by molar-refractivity contribution is -0.140. The molecule has 1 saturated heterocycles. The molecule has 1 amide bonds. The third-order valence-electron chi connectivity index (χ3n) is 2.23. The van der Waals surface area contributed by atoms with Gasteiger partial charge >= 0.3 is 11.9 Å². The van der Waals surface area contributed by atoms with E-state index in [0.717, 1.165) is 6.08 Å².